The average Bonchev–Trinajstić information content (AvgIpc) is 2.75. The number of ether oxygens (including phenoxy) is 1. The summed E-state index contributed by atoms with van der Waals surface area (Å²) in [7, 11) is 0. The molecule has 0 bridgehead atoms. The van der Waals surface area contributed by atoms with Gasteiger partial charge in [-0.2, -0.15) is 4.98 Å². The maximum absolute atomic E-state index is 6.11. The highest BCUT2D eigenvalue weighted by Crippen LogP contribution is 2.29. The molecule has 2 N–H and O–H groups in total. The molecular weight excluding hydrogens is 254 g/mol. The second kappa shape index (κ2) is 5.84. The number of para-hydroxylation sites is 1. The van der Waals surface area contributed by atoms with Crippen LogP contribution < -0.4 is 10.5 Å². The summed E-state index contributed by atoms with van der Waals surface area (Å²) in [6.45, 7) is 2.49. The molecule has 1 heterocycles. The minimum absolute atomic E-state index is 0.221. The van der Waals surface area contributed by atoms with Gasteiger partial charge in [0.1, 0.15) is 5.75 Å². The van der Waals surface area contributed by atoms with Gasteiger partial charge in [0.15, 0.2) is 6.61 Å². The molecule has 6 heteroatoms. The first-order chi connectivity index (χ1) is 8.70. The van der Waals surface area contributed by atoms with E-state index in [0.29, 0.717) is 35.5 Å². The van der Waals surface area contributed by atoms with E-state index in [9.17, 15) is 0 Å². The topological polar surface area (TPSA) is 74.2 Å². The highest BCUT2D eigenvalue weighted by atomic mass is 35.5. The van der Waals surface area contributed by atoms with Crippen LogP contribution in [-0.2, 0) is 13.0 Å². The number of benzene rings is 1. The minimum atomic E-state index is 0.221. The Morgan fingerprint density at radius 1 is 1.44 bits per heavy atom. The highest BCUT2D eigenvalue weighted by molar-refractivity contribution is 6.32. The maximum Gasteiger partial charge on any atom is 0.223 e. The molecule has 1 aromatic heterocycles. The number of nitrogens with zero attached hydrogens (tertiary/aromatic N) is 2. The Balaban J connectivity index is 2.12. The summed E-state index contributed by atoms with van der Waals surface area (Å²) >= 11 is 6.11. The number of halogens is 1. The van der Waals surface area contributed by atoms with Crippen molar-refractivity contribution >= 4 is 11.6 Å². The third-order valence-electron chi connectivity index (χ3n) is 2.38. The lowest BCUT2D eigenvalue weighted by Gasteiger charge is -2.11. The van der Waals surface area contributed by atoms with Gasteiger partial charge in [-0.05, 0) is 24.6 Å². The highest BCUT2D eigenvalue weighted by Gasteiger charge is 2.10. The van der Waals surface area contributed by atoms with Crippen molar-refractivity contribution in [3.8, 4) is 5.75 Å². The van der Waals surface area contributed by atoms with Crippen LogP contribution in [0.3, 0.4) is 0 Å². The molecule has 0 radical (unpaired) electrons. The largest absolute Gasteiger partial charge is 0.484 e. The number of rotatable bonds is 5. The molecule has 0 atom stereocenters. The number of nitrogens with two attached hydrogens (primary N) is 1. The van der Waals surface area contributed by atoms with Crippen molar-refractivity contribution < 1.29 is 9.26 Å². The lowest BCUT2D eigenvalue weighted by atomic mass is 10.1. The van der Waals surface area contributed by atoms with E-state index in [0.717, 1.165) is 5.56 Å². The SMILES string of the molecule is Cc1nc(COc2c(Cl)cccc2CCN)no1. The van der Waals surface area contributed by atoms with Crippen LogP contribution in [0.1, 0.15) is 17.3 Å². The monoisotopic (exact) mass is 267 g/mol. The quantitative estimate of drug-likeness (QED) is 0.898. The van der Waals surface area contributed by atoms with Crippen molar-refractivity contribution in [1.29, 1.82) is 0 Å². The number of hydrogen-bond acceptors (Lipinski definition) is 5. The van der Waals surface area contributed by atoms with Crippen LogP contribution in [0.15, 0.2) is 22.7 Å². The van der Waals surface area contributed by atoms with Crippen LogP contribution in [0.5, 0.6) is 5.75 Å². The lowest BCUT2D eigenvalue weighted by Crippen LogP contribution is -2.06. The standard InChI is InChI=1S/C12H14ClN3O2/c1-8-15-11(16-18-8)7-17-12-9(5-6-14)3-2-4-10(12)13/h2-4H,5-7,14H2,1H3. The van der Waals surface area contributed by atoms with Crippen LogP contribution >= 0.6 is 11.6 Å². The Morgan fingerprint density at radius 2 is 2.28 bits per heavy atom. The summed E-state index contributed by atoms with van der Waals surface area (Å²) < 4.78 is 10.5. The summed E-state index contributed by atoms with van der Waals surface area (Å²) in [5.41, 5.74) is 6.53. The second-order valence-corrected chi connectivity index (χ2v) is 4.19. The molecule has 0 fully saturated rings. The summed E-state index contributed by atoms with van der Waals surface area (Å²) in [4.78, 5) is 4.06. The first kappa shape index (κ1) is 12.9. The van der Waals surface area contributed by atoms with Gasteiger partial charge in [0, 0.05) is 6.92 Å². The van der Waals surface area contributed by atoms with Gasteiger partial charge < -0.3 is 15.0 Å². The summed E-state index contributed by atoms with van der Waals surface area (Å²) in [6, 6.07) is 5.59. The predicted octanol–water partition coefficient (Wildman–Crippen LogP) is 2.11. The molecule has 0 unspecified atom stereocenters. The molecule has 5 nitrogen and oxygen atoms in total. The molecule has 0 aliphatic rings. The van der Waals surface area contributed by atoms with Crippen molar-refractivity contribution in [3.05, 3.63) is 40.5 Å². The molecule has 18 heavy (non-hydrogen) atoms. The fraction of sp³-hybridized carbons (Fsp3) is 0.333. The van der Waals surface area contributed by atoms with E-state index in [1.807, 2.05) is 12.1 Å². The minimum Gasteiger partial charge on any atom is -0.484 e. The van der Waals surface area contributed by atoms with E-state index in [1.165, 1.54) is 0 Å². The van der Waals surface area contributed by atoms with E-state index in [2.05, 4.69) is 10.1 Å². The fourth-order valence-electron chi connectivity index (χ4n) is 1.60. The van der Waals surface area contributed by atoms with Crippen molar-refractivity contribution in [1.82, 2.24) is 10.1 Å². The molecule has 0 saturated carbocycles. The Morgan fingerprint density at radius 3 is 2.94 bits per heavy atom. The Bertz CT molecular complexity index is 528. The van der Waals surface area contributed by atoms with E-state index >= 15 is 0 Å². The molecule has 0 spiro atoms. The van der Waals surface area contributed by atoms with Crippen LogP contribution in [-0.4, -0.2) is 16.7 Å². The molecule has 2 rings (SSSR count). The number of hydrogen-bond donors (Lipinski definition) is 1. The van der Waals surface area contributed by atoms with Crippen molar-refractivity contribution in [3.63, 3.8) is 0 Å². The summed E-state index contributed by atoms with van der Waals surface area (Å²) in [6.07, 6.45) is 0.709. The molecule has 2 aromatic rings. The van der Waals surface area contributed by atoms with E-state index in [4.69, 9.17) is 26.6 Å². The molecule has 1 aromatic carbocycles. The summed E-state index contributed by atoms with van der Waals surface area (Å²) in [5.74, 6) is 1.63. The first-order valence-electron chi connectivity index (χ1n) is 5.60. The third kappa shape index (κ3) is 3.00. The Hall–Kier alpha value is -1.59. The van der Waals surface area contributed by atoms with E-state index in [1.54, 1.807) is 13.0 Å². The van der Waals surface area contributed by atoms with Crippen LogP contribution in [0.25, 0.3) is 0 Å². The first-order valence-corrected chi connectivity index (χ1v) is 5.98. The predicted molar refractivity (Wildman–Crippen MR) is 67.6 cm³/mol. The normalized spacial score (nSPS) is 10.6. The van der Waals surface area contributed by atoms with Crippen molar-refractivity contribution in [2.45, 2.75) is 20.0 Å². The summed E-state index contributed by atoms with van der Waals surface area (Å²) in [5, 5.41) is 4.31. The van der Waals surface area contributed by atoms with Gasteiger partial charge in [0.05, 0.1) is 5.02 Å². The second-order valence-electron chi connectivity index (χ2n) is 3.79. The van der Waals surface area contributed by atoms with Crippen molar-refractivity contribution in [2.75, 3.05) is 6.54 Å². The van der Waals surface area contributed by atoms with E-state index < -0.39 is 0 Å². The lowest BCUT2D eigenvalue weighted by molar-refractivity contribution is 0.283. The van der Waals surface area contributed by atoms with E-state index in [-0.39, 0.29) is 6.61 Å². The molecule has 0 aliphatic carbocycles. The smallest absolute Gasteiger partial charge is 0.223 e. The molecule has 0 aliphatic heterocycles. The molecule has 96 valence electrons. The van der Waals surface area contributed by atoms with Gasteiger partial charge in [-0.3, -0.25) is 0 Å². The van der Waals surface area contributed by atoms with Gasteiger partial charge >= 0.3 is 0 Å². The molecule has 0 amide bonds. The Kier molecular flexibility index (Phi) is 4.17. The van der Waals surface area contributed by atoms with Gasteiger partial charge in [0.25, 0.3) is 0 Å². The average molecular weight is 268 g/mol. The zero-order chi connectivity index (χ0) is 13.0. The number of aryl methyl sites for hydroxylation is 1. The maximum atomic E-state index is 6.11. The zero-order valence-electron chi connectivity index (χ0n) is 10.0. The van der Waals surface area contributed by atoms with Gasteiger partial charge in [-0.15, -0.1) is 0 Å². The number of aromatic nitrogens is 2. The van der Waals surface area contributed by atoms with Gasteiger partial charge in [-0.1, -0.05) is 28.9 Å². The van der Waals surface area contributed by atoms with Gasteiger partial charge in [-0.25, -0.2) is 0 Å². The third-order valence-corrected chi connectivity index (χ3v) is 2.68. The van der Waals surface area contributed by atoms with Crippen LogP contribution in [0.4, 0.5) is 0 Å². The Labute approximate surface area is 110 Å². The van der Waals surface area contributed by atoms with Crippen molar-refractivity contribution in [2.24, 2.45) is 5.73 Å². The zero-order valence-corrected chi connectivity index (χ0v) is 10.8. The molecule has 0 saturated heterocycles. The van der Waals surface area contributed by atoms with Crippen LogP contribution in [0, 0.1) is 6.92 Å². The molecular formula is C12H14ClN3O2. The fourth-order valence-corrected chi connectivity index (χ4v) is 1.85. The van der Waals surface area contributed by atoms with Crippen LogP contribution in [0.2, 0.25) is 5.02 Å². The van der Waals surface area contributed by atoms with Gasteiger partial charge in [0.2, 0.25) is 11.7 Å².